The maximum Gasteiger partial charge on any atom is 0.227 e. The van der Waals surface area contributed by atoms with Crippen LogP contribution in [0, 0.1) is 5.92 Å². The molecule has 0 radical (unpaired) electrons. The van der Waals surface area contributed by atoms with Crippen molar-refractivity contribution in [1.82, 2.24) is 10.2 Å². The molecule has 1 aromatic rings. The van der Waals surface area contributed by atoms with Crippen LogP contribution in [0.25, 0.3) is 0 Å². The number of hydrogen-bond donors (Lipinski definition) is 1. The number of nitrogens with one attached hydrogen (secondary N) is 1. The highest BCUT2D eigenvalue weighted by atomic mass is 32.1. The van der Waals surface area contributed by atoms with Gasteiger partial charge in [0.25, 0.3) is 0 Å². The first-order chi connectivity index (χ1) is 7.69. The Balaban J connectivity index is 2.56. The standard InChI is InChI=1S/C12H20N2OS/c1-4-14(9-11-6-5-7-16-11)12(15)10(2)8-13-3/h5-7,10,13H,4,8-9H2,1-3H3. The number of hydrogen-bond acceptors (Lipinski definition) is 3. The normalized spacial score (nSPS) is 12.4. The number of carbonyl (C=O) groups is 1. The minimum atomic E-state index is 0.0462. The van der Waals surface area contributed by atoms with Gasteiger partial charge in [0.05, 0.1) is 6.54 Å². The molecule has 0 fully saturated rings. The highest BCUT2D eigenvalue weighted by Gasteiger charge is 2.18. The Kier molecular flexibility index (Phi) is 5.49. The number of thiophene rings is 1. The fourth-order valence-corrected chi connectivity index (χ4v) is 2.36. The van der Waals surface area contributed by atoms with Crippen LogP contribution < -0.4 is 5.32 Å². The van der Waals surface area contributed by atoms with Crippen LogP contribution in [0.1, 0.15) is 18.7 Å². The molecule has 1 atom stereocenters. The summed E-state index contributed by atoms with van der Waals surface area (Å²) in [5.74, 6) is 0.273. The Morgan fingerprint density at radius 2 is 2.38 bits per heavy atom. The summed E-state index contributed by atoms with van der Waals surface area (Å²) in [5, 5.41) is 5.09. The van der Waals surface area contributed by atoms with Crippen molar-refractivity contribution in [2.45, 2.75) is 20.4 Å². The molecule has 0 saturated heterocycles. The third kappa shape index (κ3) is 3.61. The summed E-state index contributed by atoms with van der Waals surface area (Å²) in [4.78, 5) is 15.2. The summed E-state index contributed by atoms with van der Waals surface area (Å²) in [7, 11) is 1.87. The molecule has 1 unspecified atom stereocenters. The van der Waals surface area contributed by atoms with Gasteiger partial charge in [0.2, 0.25) is 5.91 Å². The van der Waals surface area contributed by atoms with E-state index in [1.165, 1.54) is 4.88 Å². The predicted octanol–water partition coefficient (Wildman–Crippen LogP) is 1.95. The maximum atomic E-state index is 12.1. The van der Waals surface area contributed by atoms with E-state index in [0.29, 0.717) is 0 Å². The van der Waals surface area contributed by atoms with Crippen molar-refractivity contribution in [3.63, 3.8) is 0 Å². The van der Waals surface area contributed by atoms with E-state index < -0.39 is 0 Å². The third-order valence-corrected chi connectivity index (χ3v) is 3.41. The lowest BCUT2D eigenvalue weighted by molar-refractivity contribution is -0.135. The Bertz CT molecular complexity index is 311. The van der Waals surface area contributed by atoms with Gasteiger partial charge in [-0.1, -0.05) is 13.0 Å². The average molecular weight is 240 g/mol. The molecular formula is C12H20N2OS. The van der Waals surface area contributed by atoms with Crippen molar-refractivity contribution in [2.75, 3.05) is 20.1 Å². The summed E-state index contributed by atoms with van der Waals surface area (Å²) < 4.78 is 0. The van der Waals surface area contributed by atoms with E-state index in [9.17, 15) is 4.79 Å². The number of amides is 1. The number of carbonyl (C=O) groups excluding carboxylic acids is 1. The van der Waals surface area contributed by atoms with E-state index in [1.807, 2.05) is 37.2 Å². The van der Waals surface area contributed by atoms with Crippen LogP contribution in [-0.2, 0) is 11.3 Å². The molecular weight excluding hydrogens is 220 g/mol. The van der Waals surface area contributed by atoms with Gasteiger partial charge in [-0.05, 0) is 25.4 Å². The van der Waals surface area contributed by atoms with Crippen LogP contribution in [0.3, 0.4) is 0 Å². The second kappa shape index (κ2) is 6.66. The van der Waals surface area contributed by atoms with E-state index in [4.69, 9.17) is 0 Å². The van der Waals surface area contributed by atoms with Crippen molar-refractivity contribution < 1.29 is 4.79 Å². The Labute approximate surface area is 101 Å². The molecule has 1 rings (SSSR count). The molecule has 0 aliphatic rings. The monoisotopic (exact) mass is 240 g/mol. The van der Waals surface area contributed by atoms with Gasteiger partial charge in [0.15, 0.2) is 0 Å². The molecule has 0 aliphatic carbocycles. The number of rotatable bonds is 6. The second-order valence-electron chi connectivity index (χ2n) is 3.89. The SMILES string of the molecule is CCN(Cc1cccs1)C(=O)C(C)CNC. The topological polar surface area (TPSA) is 32.3 Å². The van der Waals surface area contributed by atoms with Crippen molar-refractivity contribution in [3.05, 3.63) is 22.4 Å². The molecule has 0 saturated carbocycles. The zero-order valence-corrected chi connectivity index (χ0v) is 11.0. The molecule has 1 amide bonds. The highest BCUT2D eigenvalue weighted by molar-refractivity contribution is 7.09. The van der Waals surface area contributed by atoms with Gasteiger partial charge in [-0.2, -0.15) is 0 Å². The summed E-state index contributed by atoms with van der Waals surface area (Å²) in [6, 6.07) is 4.10. The minimum absolute atomic E-state index is 0.0462. The van der Waals surface area contributed by atoms with Gasteiger partial charge in [-0.15, -0.1) is 11.3 Å². The first kappa shape index (κ1) is 13.2. The van der Waals surface area contributed by atoms with Crippen LogP contribution in [0.2, 0.25) is 0 Å². The summed E-state index contributed by atoms with van der Waals surface area (Å²) in [6.07, 6.45) is 0. The zero-order valence-electron chi connectivity index (χ0n) is 10.2. The van der Waals surface area contributed by atoms with Gasteiger partial charge >= 0.3 is 0 Å². The van der Waals surface area contributed by atoms with Crippen LogP contribution >= 0.6 is 11.3 Å². The predicted molar refractivity (Wildman–Crippen MR) is 68.5 cm³/mol. The lowest BCUT2D eigenvalue weighted by atomic mass is 10.1. The summed E-state index contributed by atoms with van der Waals surface area (Å²) in [6.45, 7) is 6.24. The Hall–Kier alpha value is -0.870. The highest BCUT2D eigenvalue weighted by Crippen LogP contribution is 2.13. The van der Waals surface area contributed by atoms with Crippen LogP contribution in [0.5, 0.6) is 0 Å². The zero-order chi connectivity index (χ0) is 12.0. The van der Waals surface area contributed by atoms with Gasteiger partial charge in [-0.25, -0.2) is 0 Å². The quantitative estimate of drug-likeness (QED) is 0.824. The molecule has 16 heavy (non-hydrogen) atoms. The first-order valence-electron chi connectivity index (χ1n) is 5.64. The van der Waals surface area contributed by atoms with E-state index in [0.717, 1.165) is 19.6 Å². The lowest BCUT2D eigenvalue weighted by Crippen LogP contribution is -2.37. The second-order valence-corrected chi connectivity index (χ2v) is 4.92. The Morgan fingerprint density at radius 1 is 1.62 bits per heavy atom. The van der Waals surface area contributed by atoms with E-state index in [2.05, 4.69) is 11.4 Å². The number of nitrogens with zero attached hydrogens (tertiary/aromatic N) is 1. The van der Waals surface area contributed by atoms with E-state index in [-0.39, 0.29) is 11.8 Å². The smallest absolute Gasteiger partial charge is 0.227 e. The fraction of sp³-hybridized carbons (Fsp3) is 0.583. The summed E-state index contributed by atoms with van der Waals surface area (Å²) >= 11 is 1.70. The van der Waals surface area contributed by atoms with Crippen molar-refractivity contribution in [2.24, 2.45) is 5.92 Å². The third-order valence-electron chi connectivity index (χ3n) is 2.55. The van der Waals surface area contributed by atoms with Gasteiger partial charge in [0.1, 0.15) is 0 Å². The minimum Gasteiger partial charge on any atom is -0.338 e. The lowest BCUT2D eigenvalue weighted by Gasteiger charge is -2.23. The van der Waals surface area contributed by atoms with Crippen LogP contribution in [-0.4, -0.2) is 30.9 Å². The molecule has 0 aliphatic heterocycles. The van der Waals surface area contributed by atoms with Crippen molar-refractivity contribution in [3.8, 4) is 0 Å². The van der Waals surface area contributed by atoms with E-state index in [1.54, 1.807) is 11.3 Å². The van der Waals surface area contributed by atoms with Gasteiger partial charge in [-0.3, -0.25) is 4.79 Å². The molecule has 3 nitrogen and oxygen atoms in total. The summed E-state index contributed by atoms with van der Waals surface area (Å²) in [5.41, 5.74) is 0. The molecule has 4 heteroatoms. The fourth-order valence-electron chi connectivity index (χ4n) is 1.64. The van der Waals surface area contributed by atoms with Crippen molar-refractivity contribution in [1.29, 1.82) is 0 Å². The van der Waals surface area contributed by atoms with Gasteiger partial charge < -0.3 is 10.2 Å². The Morgan fingerprint density at radius 3 is 2.88 bits per heavy atom. The van der Waals surface area contributed by atoms with Crippen molar-refractivity contribution >= 4 is 17.2 Å². The molecule has 0 aromatic carbocycles. The molecule has 0 bridgehead atoms. The first-order valence-corrected chi connectivity index (χ1v) is 6.52. The molecule has 0 spiro atoms. The largest absolute Gasteiger partial charge is 0.338 e. The van der Waals surface area contributed by atoms with Crippen LogP contribution in [0.4, 0.5) is 0 Å². The average Bonchev–Trinajstić information content (AvgIpc) is 2.78. The molecule has 1 aromatic heterocycles. The van der Waals surface area contributed by atoms with Gasteiger partial charge in [0, 0.05) is 23.9 Å². The molecule has 1 heterocycles. The molecule has 90 valence electrons. The maximum absolute atomic E-state index is 12.1. The molecule has 1 N–H and O–H groups in total. The van der Waals surface area contributed by atoms with E-state index >= 15 is 0 Å². The van der Waals surface area contributed by atoms with Crippen LogP contribution in [0.15, 0.2) is 17.5 Å².